The Kier molecular flexibility index (Phi) is 5.94. The number of carbonyl (C=O) groups is 2. The van der Waals surface area contributed by atoms with Crippen LogP contribution in [-0.4, -0.2) is 22.2 Å². The number of aromatic nitrogens is 1. The molecule has 6 nitrogen and oxygen atoms in total. The second-order valence-corrected chi connectivity index (χ2v) is 6.51. The summed E-state index contributed by atoms with van der Waals surface area (Å²) in [4.78, 5) is 27.4. The van der Waals surface area contributed by atoms with Gasteiger partial charge in [0.25, 0.3) is 0 Å². The number of hydrogen-bond acceptors (Lipinski definition) is 5. The molecule has 22 heavy (non-hydrogen) atoms. The first-order valence-electron chi connectivity index (χ1n) is 6.83. The number of aryl methyl sites for hydroxylation is 1. The number of rotatable bonds is 4. The predicted molar refractivity (Wildman–Crippen MR) is 85.4 cm³/mol. The van der Waals surface area contributed by atoms with Gasteiger partial charge >= 0.3 is 6.03 Å². The van der Waals surface area contributed by atoms with Crippen LogP contribution in [0.1, 0.15) is 36.2 Å². The van der Waals surface area contributed by atoms with Gasteiger partial charge in [-0.2, -0.15) is 5.26 Å². The Morgan fingerprint density at radius 3 is 2.32 bits per heavy atom. The van der Waals surface area contributed by atoms with Crippen molar-refractivity contribution < 1.29 is 9.59 Å². The quantitative estimate of drug-likeness (QED) is 0.826. The summed E-state index contributed by atoms with van der Waals surface area (Å²) in [6.07, 6.45) is 0. The molecule has 0 unspecified atom stereocenters. The summed E-state index contributed by atoms with van der Waals surface area (Å²) < 4.78 is 0. The van der Waals surface area contributed by atoms with Crippen LogP contribution in [0.15, 0.2) is 5.03 Å². The first-order valence-corrected chi connectivity index (χ1v) is 7.71. The first-order chi connectivity index (χ1) is 10.2. The molecule has 0 fully saturated rings. The second kappa shape index (κ2) is 7.27. The van der Waals surface area contributed by atoms with Crippen LogP contribution in [0, 0.1) is 38.0 Å². The summed E-state index contributed by atoms with van der Waals surface area (Å²) in [6, 6.07) is 1.26. The smallest absolute Gasteiger partial charge is 0.318 e. The molecule has 0 saturated carbocycles. The molecule has 0 bridgehead atoms. The first kappa shape index (κ1) is 18.0. The lowest BCUT2D eigenvalue weighted by Gasteiger charge is -2.20. The number of nitrogens with one attached hydrogen (secondary N) is 1. The van der Waals surface area contributed by atoms with Gasteiger partial charge in [-0.15, -0.1) is 0 Å². The lowest BCUT2D eigenvalue weighted by atomic mass is 10.1. The Hall–Kier alpha value is -2.07. The zero-order valence-electron chi connectivity index (χ0n) is 13.4. The minimum Gasteiger partial charge on any atom is -0.351 e. The normalized spacial score (nSPS) is 11.9. The molecule has 0 aliphatic carbocycles. The number of imide groups is 1. The van der Waals surface area contributed by atoms with Gasteiger partial charge in [-0.3, -0.25) is 10.1 Å². The van der Waals surface area contributed by atoms with Crippen molar-refractivity contribution in [3.63, 3.8) is 0 Å². The molecule has 118 valence electrons. The van der Waals surface area contributed by atoms with E-state index in [1.807, 2.05) is 34.6 Å². The minimum absolute atomic E-state index is 0.0559. The predicted octanol–water partition coefficient (Wildman–Crippen LogP) is 2.19. The lowest BCUT2D eigenvalue weighted by molar-refractivity contribution is -0.120. The van der Waals surface area contributed by atoms with Crippen molar-refractivity contribution in [3.05, 3.63) is 22.4 Å². The van der Waals surface area contributed by atoms with Gasteiger partial charge in [0.1, 0.15) is 11.1 Å². The highest BCUT2D eigenvalue weighted by Crippen LogP contribution is 2.32. The summed E-state index contributed by atoms with van der Waals surface area (Å²) in [6.45, 7) is 9.35. The van der Waals surface area contributed by atoms with Crippen molar-refractivity contribution in [2.75, 3.05) is 0 Å². The molecule has 0 aromatic carbocycles. The van der Waals surface area contributed by atoms with Crippen LogP contribution in [0.3, 0.4) is 0 Å². The van der Waals surface area contributed by atoms with Gasteiger partial charge in [-0.25, -0.2) is 9.78 Å². The Morgan fingerprint density at radius 1 is 1.27 bits per heavy atom. The van der Waals surface area contributed by atoms with Crippen LogP contribution >= 0.6 is 11.8 Å². The van der Waals surface area contributed by atoms with Crippen LogP contribution < -0.4 is 11.1 Å². The van der Waals surface area contributed by atoms with Gasteiger partial charge in [0, 0.05) is 5.69 Å². The molecule has 0 saturated heterocycles. The Labute approximate surface area is 134 Å². The molecule has 1 aromatic heterocycles. The van der Waals surface area contributed by atoms with Crippen LogP contribution in [0.2, 0.25) is 0 Å². The summed E-state index contributed by atoms with van der Waals surface area (Å²) in [5, 5.41) is 11.4. The molecule has 3 amide bonds. The van der Waals surface area contributed by atoms with Crippen molar-refractivity contribution in [2.45, 2.75) is 44.9 Å². The molecule has 1 rings (SSSR count). The van der Waals surface area contributed by atoms with Crippen molar-refractivity contribution in [1.29, 1.82) is 5.26 Å². The summed E-state index contributed by atoms with van der Waals surface area (Å²) in [5.41, 5.74) is 8.10. The van der Waals surface area contributed by atoms with Crippen molar-refractivity contribution in [1.82, 2.24) is 10.3 Å². The van der Waals surface area contributed by atoms with Crippen LogP contribution in [0.4, 0.5) is 4.79 Å². The number of thioether (sulfide) groups is 1. The van der Waals surface area contributed by atoms with E-state index < -0.39 is 17.2 Å². The highest BCUT2D eigenvalue weighted by atomic mass is 32.2. The standard InChI is InChI=1S/C15H20N4O2S/c1-7(2)12(13(20)19-15(17)21)22-14-11(6-16)9(4)8(3)10(5)18-14/h7,12H,1-5H3,(H3,17,19,20,21)/t12-/m1/s1. The zero-order valence-corrected chi connectivity index (χ0v) is 14.2. The van der Waals surface area contributed by atoms with Crippen molar-refractivity contribution >= 4 is 23.7 Å². The number of carbonyl (C=O) groups excluding carboxylic acids is 2. The molecule has 1 atom stereocenters. The molecule has 0 spiro atoms. The third kappa shape index (κ3) is 3.98. The third-order valence-electron chi connectivity index (χ3n) is 3.42. The fraction of sp³-hybridized carbons (Fsp3) is 0.467. The van der Waals surface area contributed by atoms with Gasteiger partial charge in [0.2, 0.25) is 5.91 Å². The maximum atomic E-state index is 12.1. The molecular weight excluding hydrogens is 300 g/mol. The van der Waals surface area contributed by atoms with E-state index in [0.29, 0.717) is 10.6 Å². The maximum absolute atomic E-state index is 12.1. The zero-order chi connectivity index (χ0) is 17.0. The van der Waals surface area contributed by atoms with E-state index in [1.165, 1.54) is 11.8 Å². The number of nitrogens with zero attached hydrogens (tertiary/aromatic N) is 2. The average molecular weight is 320 g/mol. The SMILES string of the molecule is Cc1nc(S[C@@H](C(=O)NC(N)=O)C(C)C)c(C#N)c(C)c1C. The van der Waals surface area contributed by atoms with Gasteiger partial charge < -0.3 is 5.73 Å². The Bertz CT molecular complexity index is 650. The number of nitrogens with two attached hydrogens (primary N) is 1. The lowest BCUT2D eigenvalue weighted by Crippen LogP contribution is -2.42. The highest BCUT2D eigenvalue weighted by Gasteiger charge is 2.27. The molecule has 3 N–H and O–H groups in total. The van der Waals surface area contributed by atoms with Gasteiger partial charge in [-0.1, -0.05) is 25.6 Å². The highest BCUT2D eigenvalue weighted by molar-refractivity contribution is 8.00. The molecule has 1 heterocycles. The van der Waals surface area contributed by atoms with E-state index in [0.717, 1.165) is 16.8 Å². The van der Waals surface area contributed by atoms with Crippen LogP contribution in [-0.2, 0) is 4.79 Å². The molecule has 0 radical (unpaired) electrons. The Balaban J connectivity index is 3.23. The monoisotopic (exact) mass is 320 g/mol. The second-order valence-electron chi connectivity index (χ2n) is 5.38. The van der Waals surface area contributed by atoms with Crippen LogP contribution in [0.5, 0.6) is 0 Å². The van der Waals surface area contributed by atoms with E-state index in [4.69, 9.17) is 5.73 Å². The summed E-state index contributed by atoms with van der Waals surface area (Å²) >= 11 is 1.18. The number of nitriles is 1. The topological polar surface area (TPSA) is 109 Å². The number of hydrogen-bond donors (Lipinski definition) is 2. The molecule has 7 heteroatoms. The fourth-order valence-electron chi connectivity index (χ4n) is 1.93. The van der Waals surface area contributed by atoms with Crippen molar-refractivity contribution in [3.8, 4) is 6.07 Å². The number of pyridine rings is 1. The van der Waals surface area contributed by atoms with E-state index in [2.05, 4.69) is 16.4 Å². The van der Waals surface area contributed by atoms with Crippen molar-refractivity contribution in [2.24, 2.45) is 11.7 Å². The number of primary amides is 1. The molecule has 0 aliphatic heterocycles. The molecular formula is C15H20N4O2S. The third-order valence-corrected chi connectivity index (χ3v) is 4.96. The maximum Gasteiger partial charge on any atom is 0.318 e. The fourth-order valence-corrected chi connectivity index (χ4v) is 3.12. The van der Waals surface area contributed by atoms with E-state index in [-0.39, 0.29) is 5.92 Å². The number of urea groups is 1. The molecule has 0 aliphatic rings. The largest absolute Gasteiger partial charge is 0.351 e. The average Bonchev–Trinajstić information content (AvgIpc) is 2.41. The number of amides is 3. The van der Waals surface area contributed by atoms with Gasteiger partial charge in [0.05, 0.1) is 10.8 Å². The van der Waals surface area contributed by atoms with Gasteiger partial charge in [-0.05, 0) is 37.8 Å². The van der Waals surface area contributed by atoms with E-state index in [1.54, 1.807) is 0 Å². The van der Waals surface area contributed by atoms with Crippen LogP contribution in [0.25, 0.3) is 0 Å². The minimum atomic E-state index is -0.888. The molecule has 1 aromatic rings. The summed E-state index contributed by atoms with van der Waals surface area (Å²) in [7, 11) is 0. The Morgan fingerprint density at radius 2 is 1.86 bits per heavy atom. The van der Waals surface area contributed by atoms with E-state index in [9.17, 15) is 14.9 Å². The summed E-state index contributed by atoms with van der Waals surface area (Å²) in [5.74, 6) is -0.534. The van der Waals surface area contributed by atoms with E-state index >= 15 is 0 Å². The van der Waals surface area contributed by atoms with Gasteiger partial charge in [0.15, 0.2) is 0 Å².